The first-order chi connectivity index (χ1) is 8.33. The molecule has 0 N–H and O–H groups in total. The fourth-order valence-electron chi connectivity index (χ4n) is 1.07. The van der Waals surface area contributed by atoms with Gasteiger partial charge in [-0.05, 0) is 25.0 Å². The summed E-state index contributed by atoms with van der Waals surface area (Å²) < 4.78 is 10.0. The van der Waals surface area contributed by atoms with E-state index in [1.165, 1.54) is 0 Å². The van der Waals surface area contributed by atoms with Crippen LogP contribution in [-0.2, 0) is 9.53 Å². The van der Waals surface area contributed by atoms with Crippen LogP contribution in [0.5, 0.6) is 5.75 Å². The second kappa shape index (κ2) is 8.64. The van der Waals surface area contributed by atoms with Crippen molar-refractivity contribution in [1.29, 1.82) is 0 Å². The van der Waals surface area contributed by atoms with Crippen LogP contribution in [0.2, 0.25) is 0 Å². The molecule has 1 aromatic rings. The number of benzene rings is 1. The van der Waals surface area contributed by atoms with Gasteiger partial charge in [-0.2, -0.15) is 0 Å². The first-order valence-electron chi connectivity index (χ1n) is 5.33. The average molecular weight is 254 g/mol. The highest BCUT2D eigenvalue weighted by Gasteiger charge is 2.05. The monoisotopic (exact) mass is 254 g/mol. The van der Waals surface area contributed by atoms with Gasteiger partial charge in [-0.1, -0.05) is 18.2 Å². The second-order valence-electron chi connectivity index (χ2n) is 3.24. The van der Waals surface area contributed by atoms with E-state index in [1.54, 1.807) is 12.1 Å². The van der Waals surface area contributed by atoms with Crippen molar-refractivity contribution in [2.45, 2.75) is 19.3 Å². The molecular weight excluding hydrogens is 240 g/mol. The Labute approximate surface area is 105 Å². The predicted octanol–water partition coefficient (Wildman–Crippen LogP) is 3.22. The highest BCUT2D eigenvalue weighted by molar-refractivity contribution is 8.09. The third-order valence-corrected chi connectivity index (χ3v) is 2.42. The van der Waals surface area contributed by atoms with E-state index in [9.17, 15) is 9.59 Å². The molecule has 92 valence electrons. The smallest absolute Gasteiger partial charge is 0.407 e. The first-order valence-corrected chi connectivity index (χ1v) is 6.07. The van der Waals surface area contributed by atoms with Crippen molar-refractivity contribution in [2.75, 3.05) is 6.61 Å². The summed E-state index contributed by atoms with van der Waals surface area (Å²) in [4.78, 5) is 21.2. The SMILES string of the molecule is O=CCCCCOC(=O)SOc1ccccc1. The summed E-state index contributed by atoms with van der Waals surface area (Å²) in [6, 6.07) is 9.01. The number of para-hydroxylation sites is 1. The van der Waals surface area contributed by atoms with Gasteiger partial charge in [0, 0.05) is 6.42 Å². The van der Waals surface area contributed by atoms with Gasteiger partial charge in [-0.3, -0.25) is 0 Å². The number of unbranched alkanes of at least 4 members (excludes halogenated alkanes) is 2. The van der Waals surface area contributed by atoms with E-state index >= 15 is 0 Å². The molecule has 0 aliphatic heterocycles. The van der Waals surface area contributed by atoms with Crippen molar-refractivity contribution in [1.82, 2.24) is 0 Å². The molecule has 1 aromatic carbocycles. The molecule has 0 aliphatic rings. The van der Waals surface area contributed by atoms with E-state index in [0.29, 0.717) is 37.2 Å². The average Bonchev–Trinajstić information content (AvgIpc) is 2.37. The third kappa shape index (κ3) is 6.63. The molecule has 0 amide bonds. The molecule has 0 radical (unpaired) electrons. The van der Waals surface area contributed by atoms with Gasteiger partial charge in [0.1, 0.15) is 12.0 Å². The van der Waals surface area contributed by atoms with Gasteiger partial charge in [-0.25, -0.2) is 4.79 Å². The van der Waals surface area contributed by atoms with Crippen molar-refractivity contribution in [2.24, 2.45) is 0 Å². The lowest BCUT2D eigenvalue weighted by molar-refractivity contribution is -0.107. The van der Waals surface area contributed by atoms with Crippen molar-refractivity contribution < 1.29 is 18.5 Å². The highest BCUT2D eigenvalue weighted by atomic mass is 32.2. The summed E-state index contributed by atoms with van der Waals surface area (Å²) in [5, 5.41) is -0.472. The Hall–Kier alpha value is -1.49. The molecule has 17 heavy (non-hydrogen) atoms. The fourth-order valence-corrected chi connectivity index (χ4v) is 1.47. The molecule has 0 aliphatic carbocycles. The lowest BCUT2D eigenvalue weighted by Crippen LogP contribution is -2.01. The van der Waals surface area contributed by atoms with Gasteiger partial charge < -0.3 is 13.7 Å². The Morgan fingerprint density at radius 2 is 2.00 bits per heavy atom. The van der Waals surface area contributed by atoms with Gasteiger partial charge in [0.25, 0.3) is 0 Å². The van der Waals surface area contributed by atoms with Crippen LogP contribution < -0.4 is 4.18 Å². The molecule has 0 bridgehead atoms. The lowest BCUT2D eigenvalue weighted by atomic mass is 10.3. The summed E-state index contributed by atoms with van der Waals surface area (Å²) in [5.74, 6) is 0.607. The molecule has 0 unspecified atom stereocenters. The molecular formula is C12H14O4S. The van der Waals surface area contributed by atoms with Crippen LogP contribution >= 0.6 is 12.0 Å². The van der Waals surface area contributed by atoms with Crippen LogP contribution in [0.3, 0.4) is 0 Å². The summed E-state index contributed by atoms with van der Waals surface area (Å²) >= 11 is 0.663. The summed E-state index contributed by atoms with van der Waals surface area (Å²) in [6.45, 7) is 0.317. The Morgan fingerprint density at radius 3 is 2.71 bits per heavy atom. The van der Waals surface area contributed by atoms with Crippen LogP contribution in [0.4, 0.5) is 4.79 Å². The van der Waals surface area contributed by atoms with E-state index in [-0.39, 0.29) is 0 Å². The lowest BCUT2D eigenvalue weighted by Gasteiger charge is -2.04. The standard InChI is InChI=1S/C12H14O4S/c13-9-5-2-6-10-15-12(14)17-16-11-7-3-1-4-8-11/h1,3-4,7-9H,2,5-6,10H2. The number of carbonyl (C=O) groups is 2. The van der Waals surface area contributed by atoms with Crippen LogP contribution in [0.15, 0.2) is 30.3 Å². The van der Waals surface area contributed by atoms with Crippen molar-refractivity contribution in [3.8, 4) is 5.75 Å². The molecule has 4 nitrogen and oxygen atoms in total. The largest absolute Gasteiger partial charge is 0.455 e. The maximum absolute atomic E-state index is 11.2. The molecule has 0 aromatic heterocycles. The van der Waals surface area contributed by atoms with Crippen LogP contribution in [0.1, 0.15) is 19.3 Å². The first kappa shape index (κ1) is 13.6. The second-order valence-corrected chi connectivity index (χ2v) is 3.91. The minimum Gasteiger partial charge on any atom is -0.455 e. The van der Waals surface area contributed by atoms with Gasteiger partial charge in [-0.15, -0.1) is 0 Å². The van der Waals surface area contributed by atoms with E-state index in [2.05, 4.69) is 0 Å². The van der Waals surface area contributed by atoms with E-state index in [4.69, 9.17) is 8.92 Å². The number of ether oxygens (including phenoxy) is 1. The number of carbonyl (C=O) groups excluding carboxylic acids is 2. The molecule has 5 heteroatoms. The Morgan fingerprint density at radius 1 is 1.24 bits per heavy atom. The predicted molar refractivity (Wildman–Crippen MR) is 65.9 cm³/mol. The molecule has 0 heterocycles. The van der Waals surface area contributed by atoms with Crippen LogP contribution in [0.25, 0.3) is 0 Å². The third-order valence-electron chi connectivity index (χ3n) is 1.89. The molecule has 0 saturated heterocycles. The van der Waals surface area contributed by atoms with Crippen molar-refractivity contribution in [3.63, 3.8) is 0 Å². The Kier molecular flexibility index (Phi) is 6.90. The summed E-state index contributed by atoms with van der Waals surface area (Å²) in [6.07, 6.45) is 2.79. The molecule has 0 spiro atoms. The zero-order valence-corrected chi connectivity index (χ0v) is 10.2. The highest BCUT2D eigenvalue weighted by Crippen LogP contribution is 2.16. The van der Waals surface area contributed by atoms with Gasteiger partial charge in [0.05, 0.1) is 6.61 Å². The maximum atomic E-state index is 11.2. The van der Waals surface area contributed by atoms with Crippen LogP contribution in [-0.4, -0.2) is 18.2 Å². The molecule has 0 saturated carbocycles. The number of aldehydes is 1. The van der Waals surface area contributed by atoms with Crippen molar-refractivity contribution in [3.05, 3.63) is 30.3 Å². The summed E-state index contributed by atoms with van der Waals surface area (Å²) in [5.41, 5.74) is 0. The van der Waals surface area contributed by atoms with E-state index in [1.807, 2.05) is 18.2 Å². The Bertz CT molecular complexity index is 340. The zero-order valence-electron chi connectivity index (χ0n) is 9.33. The van der Waals surface area contributed by atoms with Gasteiger partial charge >= 0.3 is 5.30 Å². The Balaban J connectivity index is 2.07. The normalized spacial score (nSPS) is 9.65. The fraction of sp³-hybridized carbons (Fsp3) is 0.333. The van der Waals surface area contributed by atoms with Gasteiger partial charge in [0.2, 0.25) is 0 Å². The van der Waals surface area contributed by atoms with Gasteiger partial charge in [0.15, 0.2) is 12.0 Å². The van der Waals surface area contributed by atoms with E-state index in [0.717, 1.165) is 12.7 Å². The molecule has 0 fully saturated rings. The van der Waals surface area contributed by atoms with Crippen LogP contribution in [0, 0.1) is 0 Å². The number of rotatable bonds is 7. The summed E-state index contributed by atoms with van der Waals surface area (Å²) in [7, 11) is 0. The zero-order chi connectivity index (χ0) is 12.3. The topological polar surface area (TPSA) is 52.6 Å². The maximum Gasteiger partial charge on any atom is 0.407 e. The molecule has 1 rings (SSSR count). The van der Waals surface area contributed by atoms with Crippen molar-refractivity contribution >= 4 is 23.6 Å². The number of hydrogen-bond donors (Lipinski definition) is 0. The minimum atomic E-state index is -0.472. The quantitative estimate of drug-likeness (QED) is 0.323. The van der Waals surface area contributed by atoms with E-state index < -0.39 is 5.30 Å². The minimum absolute atomic E-state index is 0.317. The molecule has 0 atom stereocenters. The number of hydrogen-bond acceptors (Lipinski definition) is 5.